The van der Waals surface area contributed by atoms with Gasteiger partial charge in [0.05, 0.1) is 0 Å². The third-order valence-corrected chi connectivity index (χ3v) is 6.18. The van der Waals surface area contributed by atoms with Crippen LogP contribution in [0, 0.1) is 5.92 Å². The van der Waals surface area contributed by atoms with Crippen LogP contribution in [-0.4, -0.2) is 28.9 Å². The molecule has 29 heavy (non-hydrogen) atoms. The minimum Gasteiger partial charge on any atom is -0.445 e. The number of nitrogens with zero attached hydrogens (tertiary/aromatic N) is 1. The topological polar surface area (TPSA) is 46.6 Å². The summed E-state index contributed by atoms with van der Waals surface area (Å²) >= 11 is 0. The molecular formula is C25H27NO3. The van der Waals surface area contributed by atoms with E-state index >= 15 is 0 Å². The minimum absolute atomic E-state index is 0.0725. The minimum atomic E-state index is -0.253. The van der Waals surface area contributed by atoms with E-state index in [2.05, 4.69) is 6.58 Å². The largest absolute Gasteiger partial charge is 0.445 e. The molecule has 2 aromatic rings. The van der Waals surface area contributed by atoms with E-state index < -0.39 is 0 Å². The number of hydrogen-bond donors (Lipinski definition) is 0. The number of carbonyl (C=O) groups is 2. The Labute approximate surface area is 172 Å². The van der Waals surface area contributed by atoms with Gasteiger partial charge in [-0.25, -0.2) is 4.79 Å². The van der Waals surface area contributed by atoms with Crippen LogP contribution in [0.1, 0.15) is 43.2 Å². The maximum absolute atomic E-state index is 13.1. The molecule has 0 radical (unpaired) electrons. The number of ether oxygens (including phenoxy) is 1. The molecule has 1 amide bonds. The zero-order valence-electron chi connectivity index (χ0n) is 16.6. The summed E-state index contributed by atoms with van der Waals surface area (Å²) in [6, 6.07) is 19.5. The fourth-order valence-electron chi connectivity index (χ4n) is 4.72. The van der Waals surface area contributed by atoms with Crippen molar-refractivity contribution in [2.75, 3.05) is 0 Å². The van der Waals surface area contributed by atoms with Gasteiger partial charge in [0.2, 0.25) is 0 Å². The van der Waals surface area contributed by atoms with Crippen LogP contribution in [0.15, 0.2) is 67.2 Å². The molecule has 4 heteroatoms. The third kappa shape index (κ3) is 4.26. The lowest BCUT2D eigenvalue weighted by Crippen LogP contribution is -2.55. The Bertz CT molecular complexity index is 863. The first-order chi connectivity index (χ1) is 14.1. The molecule has 2 aromatic carbocycles. The monoisotopic (exact) mass is 389 g/mol. The molecule has 0 N–H and O–H groups in total. The van der Waals surface area contributed by atoms with Crippen LogP contribution in [0.3, 0.4) is 0 Å². The van der Waals surface area contributed by atoms with Gasteiger partial charge in [0, 0.05) is 23.6 Å². The number of rotatable bonds is 5. The summed E-state index contributed by atoms with van der Waals surface area (Å²) in [4.78, 5) is 27.8. The lowest BCUT2D eigenvalue weighted by Gasteiger charge is -2.47. The summed E-state index contributed by atoms with van der Waals surface area (Å²) in [6.45, 7) is 4.34. The summed E-state index contributed by atoms with van der Waals surface area (Å²) in [5.41, 5.74) is 2.44. The van der Waals surface area contributed by atoms with E-state index in [0.717, 1.165) is 30.4 Å². The molecule has 4 nitrogen and oxygen atoms in total. The van der Waals surface area contributed by atoms with E-state index in [1.165, 1.54) is 0 Å². The van der Waals surface area contributed by atoms with Crippen LogP contribution >= 0.6 is 0 Å². The van der Waals surface area contributed by atoms with Crippen LogP contribution < -0.4 is 0 Å². The van der Waals surface area contributed by atoms with E-state index in [9.17, 15) is 9.59 Å². The molecule has 0 saturated carbocycles. The Morgan fingerprint density at radius 2 is 1.52 bits per heavy atom. The SMILES string of the molecule is C=C(C(=O)C1CC2CCCC(C1)N2C(=O)OCc1ccccc1)c1ccccc1. The highest BCUT2D eigenvalue weighted by molar-refractivity contribution is 6.21. The average Bonchev–Trinajstić information content (AvgIpc) is 2.77. The number of Topliss-reactive ketones (excluding diaryl/α,β-unsaturated/α-hetero) is 1. The highest BCUT2D eigenvalue weighted by Gasteiger charge is 2.43. The van der Waals surface area contributed by atoms with Crippen molar-refractivity contribution in [2.24, 2.45) is 5.92 Å². The van der Waals surface area contributed by atoms with Gasteiger partial charge in [-0.2, -0.15) is 0 Å². The number of allylic oxidation sites excluding steroid dienone is 1. The second-order valence-electron chi connectivity index (χ2n) is 8.06. The molecule has 0 aromatic heterocycles. The van der Waals surface area contributed by atoms with Gasteiger partial charge in [0.25, 0.3) is 0 Å². The second-order valence-corrected chi connectivity index (χ2v) is 8.06. The number of carbonyl (C=O) groups excluding carboxylic acids is 2. The highest BCUT2D eigenvalue weighted by Crippen LogP contribution is 2.39. The van der Waals surface area contributed by atoms with Crippen molar-refractivity contribution < 1.29 is 14.3 Å². The molecule has 2 aliphatic heterocycles. The van der Waals surface area contributed by atoms with E-state index in [0.29, 0.717) is 18.4 Å². The van der Waals surface area contributed by atoms with Crippen LogP contribution in [0.5, 0.6) is 0 Å². The number of hydrogen-bond acceptors (Lipinski definition) is 3. The van der Waals surface area contributed by atoms with Crippen molar-refractivity contribution in [2.45, 2.75) is 50.8 Å². The first kappa shape index (κ1) is 19.4. The number of fused-ring (bicyclic) bond motifs is 2. The molecule has 2 aliphatic rings. The maximum Gasteiger partial charge on any atom is 0.410 e. The molecule has 2 heterocycles. The first-order valence-corrected chi connectivity index (χ1v) is 10.4. The van der Waals surface area contributed by atoms with Crippen LogP contribution in [-0.2, 0) is 16.1 Å². The van der Waals surface area contributed by atoms with Crippen molar-refractivity contribution in [1.82, 2.24) is 4.90 Å². The molecule has 2 saturated heterocycles. The van der Waals surface area contributed by atoms with E-state index in [1.807, 2.05) is 65.6 Å². The lowest BCUT2D eigenvalue weighted by atomic mass is 9.75. The molecule has 2 fully saturated rings. The second kappa shape index (κ2) is 8.64. The van der Waals surface area contributed by atoms with Crippen molar-refractivity contribution >= 4 is 17.4 Å². The molecule has 0 spiro atoms. The van der Waals surface area contributed by atoms with Crippen molar-refractivity contribution in [3.63, 3.8) is 0 Å². The van der Waals surface area contributed by atoms with E-state index in [1.54, 1.807) is 0 Å². The molecular weight excluding hydrogens is 362 g/mol. The van der Waals surface area contributed by atoms with Gasteiger partial charge >= 0.3 is 6.09 Å². The Balaban J connectivity index is 1.41. The predicted molar refractivity (Wildman–Crippen MR) is 113 cm³/mol. The quantitative estimate of drug-likeness (QED) is 0.657. The zero-order valence-corrected chi connectivity index (χ0v) is 16.6. The maximum atomic E-state index is 13.1. The standard InChI is InChI=1S/C25H27NO3/c1-18(20-11-6-3-7-12-20)24(27)21-15-22-13-8-14-23(16-21)26(22)25(28)29-17-19-9-4-2-5-10-19/h2-7,9-12,21-23H,1,8,13-17H2. The van der Waals surface area contributed by atoms with Gasteiger partial charge in [-0.15, -0.1) is 0 Å². The van der Waals surface area contributed by atoms with Gasteiger partial charge in [-0.05, 0) is 43.2 Å². The highest BCUT2D eigenvalue weighted by atomic mass is 16.6. The molecule has 2 unspecified atom stereocenters. The van der Waals surface area contributed by atoms with Gasteiger partial charge in [0.15, 0.2) is 5.78 Å². The molecule has 2 atom stereocenters. The van der Waals surface area contributed by atoms with E-state index in [-0.39, 0.29) is 36.5 Å². The van der Waals surface area contributed by atoms with Gasteiger partial charge in [-0.3, -0.25) is 4.79 Å². The molecule has 0 aliphatic carbocycles. The third-order valence-electron chi connectivity index (χ3n) is 6.18. The lowest BCUT2D eigenvalue weighted by molar-refractivity contribution is -0.121. The van der Waals surface area contributed by atoms with Crippen molar-refractivity contribution in [3.05, 3.63) is 78.4 Å². The summed E-state index contributed by atoms with van der Waals surface area (Å²) in [6.07, 6.45) is 4.09. The Kier molecular flexibility index (Phi) is 5.79. The normalized spacial score (nSPS) is 23.3. The van der Waals surface area contributed by atoms with Gasteiger partial charge < -0.3 is 9.64 Å². The number of benzene rings is 2. The fourth-order valence-corrected chi connectivity index (χ4v) is 4.72. The zero-order chi connectivity index (χ0) is 20.2. The summed E-state index contributed by atoms with van der Waals surface area (Å²) in [5.74, 6) is 0.0431. The van der Waals surface area contributed by atoms with Crippen LogP contribution in [0.2, 0.25) is 0 Å². The number of amides is 1. The van der Waals surface area contributed by atoms with Gasteiger partial charge in [-0.1, -0.05) is 67.2 Å². The van der Waals surface area contributed by atoms with Crippen molar-refractivity contribution in [1.29, 1.82) is 0 Å². The van der Waals surface area contributed by atoms with Crippen molar-refractivity contribution in [3.8, 4) is 0 Å². The smallest absolute Gasteiger partial charge is 0.410 e. The molecule has 150 valence electrons. The molecule has 4 rings (SSSR count). The Morgan fingerprint density at radius 3 is 2.14 bits per heavy atom. The van der Waals surface area contributed by atoms with Gasteiger partial charge in [0.1, 0.15) is 6.61 Å². The fraction of sp³-hybridized carbons (Fsp3) is 0.360. The summed E-state index contributed by atoms with van der Waals surface area (Å²) in [5, 5.41) is 0. The summed E-state index contributed by atoms with van der Waals surface area (Å²) < 4.78 is 5.60. The Morgan fingerprint density at radius 1 is 0.931 bits per heavy atom. The predicted octanol–water partition coefficient (Wildman–Crippen LogP) is 5.24. The van der Waals surface area contributed by atoms with E-state index in [4.69, 9.17) is 4.74 Å². The van der Waals surface area contributed by atoms with Crippen LogP contribution in [0.25, 0.3) is 5.57 Å². The van der Waals surface area contributed by atoms with Crippen LogP contribution in [0.4, 0.5) is 4.79 Å². The first-order valence-electron chi connectivity index (χ1n) is 10.4. The molecule has 2 bridgehead atoms. The Hall–Kier alpha value is -2.88. The summed E-state index contributed by atoms with van der Waals surface area (Å²) in [7, 11) is 0. The number of piperidine rings is 2. The average molecular weight is 389 g/mol. The number of ketones is 1.